The first-order chi connectivity index (χ1) is 14.8. The predicted molar refractivity (Wildman–Crippen MR) is 110 cm³/mol. The molecule has 6 nitrogen and oxygen atoms in total. The zero-order valence-corrected chi connectivity index (χ0v) is 16.9. The number of carbonyl (C=O) groups excluding carboxylic acids is 1. The summed E-state index contributed by atoms with van der Waals surface area (Å²) in [4.78, 5) is 15.6. The highest BCUT2D eigenvalue weighted by molar-refractivity contribution is 5.99. The Labute approximate surface area is 178 Å². The molecule has 166 valence electrons. The number of hydrogen-bond acceptors (Lipinski definition) is 5. The molecule has 2 aliphatic heterocycles. The predicted octanol–water partition coefficient (Wildman–Crippen LogP) is 2.76. The summed E-state index contributed by atoms with van der Waals surface area (Å²) in [5.41, 5.74) is 1.80. The van der Waals surface area contributed by atoms with Gasteiger partial charge in [0.1, 0.15) is 18.5 Å². The van der Waals surface area contributed by atoms with Gasteiger partial charge in [-0.3, -0.25) is 9.69 Å². The number of halogens is 3. The normalized spacial score (nSPS) is 17.9. The summed E-state index contributed by atoms with van der Waals surface area (Å²) in [6.07, 6.45) is -4.67. The molecule has 2 heterocycles. The molecule has 1 fully saturated rings. The summed E-state index contributed by atoms with van der Waals surface area (Å²) in [5.74, 6) is 0.573. The van der Waals surface area contributed by atoms with Gasteiger partial charge < -0.3 is 20.1 Å². The van der Waals surface area contributed by atoms with Crippen molar-refractivity contribution in [2.45, 2.75) is 18.7 Å². The first-order valence-electron chi connectivity index (χ1n) is 10.2. The number of rotatable bonds is 6. The molecule has 0 aromatic heterocycles. The fourth-order valence-electron chi connectivity index (χ4n) is 3.89. The average Bonchev–Trinajstić information content (AvgIpc) is 3.11. The number of nitrogens with zero attached hydrogens (tertiary/aromatic N) is 2. The topological polar surface area (TPSA) is 65.0 Å². The van der Waals surface area contributed by atoms with Crippen molar-refractivity contribution in [2.24, 2.45) is 0 Å². The number of carbonyl (C=O) groups is 1. The summed E-state index contributed by atoms with van der Waals surface area (Å²) in [5, 5.41) is 13.1. The second kappa shape index (κ2) is 8.76. The molecule has 0 saturated carbocycles. The number of piperazine rings is 1. The molecule has 0 bridgehead atoms. The Kier molecular flexibility index (Phi) is 6.06. The zero-order chi connectivity index (χ0) is 22.0. The Bertz CT molecular complexity index is 926. The first kappa shape index (κ1) is 21.5. The van der Waals surface area contributed by atoms with E-state index in [1.807, 2.05) is 11.0 Å². The molecule has 1 saturated heterocycles. The molecule has 0 aliphatic carbocycles. The van der Waals surface area contributed by atoms with Crippen molar-refractivity contribution in [3.8, 4) is 5.75 Å². The largest absolute Gasteiger partial charge is 0.491 e. The number of aliphatic hydroxyl groups excluding tert-OH is 1. The maximum atomic E-state index is 12.7. The minimum absolute atomic E-state index is 0.0392. The van der Waals surface area contributed by atoms with E-state index in [0.29, 0.717) is 44.9 Å². The van der Waals surface area contributed by atoms with Gasteiger partial charge in [0.05, 0.1) is 12.0 Å². The molecule has 2 aromatic rings. The molecule has 4 rings (SSSR count). The number of hydrogen-bond donors (Lipinski definition) is 2. The van der Waals surface area contributed by atoms with Crippen molar-refractivity contribution >= 4 is 17.3 Å². The molecule has 2 N–H and O–H groups in total. The number of ether oxygens (including phenoxy) is 1. The number of aliphatic hydroxyl groups is 1. The van der Waals surface area contributed by atoms with E-state index in [1.165, 1.54) is 12.1 Å². The van der Waals surface area contributed by atoms with Gasteiger partial charge in [0.15, 0.2) is 0 Å². The maximum absolute atomic E-state index is 12.7. The molecule has 2 aliphatic rings. The highest BCUT2D eigenvalue weighted by Gasteiger charge is 2.30. The monoisotopic (exact) mass is 435 g/mol. The van der Waals surface area contributed by atoms with Crippen molar-refractivity contribution in [3.63, 3.8) is 0 Å². The van der Waals surface area contributed by atoms with E-state index in [2.05, 4.69) is 10.2 Å². The van der Waals surface area contributed by atoms with Gasteiger partial charge in [-0.1, -0.05) is 0 Å². The van der Waals surface area contributed by atoms with Gasteiger partial charge in [-0.2, -0.15) is 13.2 Å². The van der Waals surface area contributed by atoms with Crippen LogP contribution in [-0.2, 0) is 17.4 Å². The summed E-state index contributed by atoms with van der Waals surface area (Å²) >= 11 is 0. The fraction of sp³-hybridized carbons (Fsp3) is 0.409. The molecule has 0 radical (unpaired) electrons. The maximum Gasteiger partial charge on any atom is 0.416 e. The molecule has 1 amide bonds. The minimum Gasteiger partial charge on any atom is -0.491 e. The van der Waals surface area contributed by atoms with Gasteiger partial charge in [-0.25, -0.2) is 0 Å². The van der Waals surface area contributed by atoms with E-state index in [9.17, 15) is 23.1 Å². The van der Waals surface area contributed by atoms with E-state index in [-0.39, 0.29) is 12.5 Å². The molecule has 0 spiro atoms. The molecular formula is C22H24F3N3O3. The van der Waals surface area contributed by atoms with Crippen LogP contribution in [0.2, 0.25) is 0 Å². The van der Waals surface area contributed by atoms with E-state index < -0.39 is 17.8 Å². The number of nitrogens with one attached hydrogen (secondary N) is 1. The number of anilines is 2. The fourth-order valence-corrected chi connectivity index (χ4v) is 3.89. The van der Waals surface area contributed by atoms with Crippen LogP contribution in [0.3, 0.4) is 0 Å². The molecule has 9 heteroatoms. The van der Waals surface area contributed by atoms with Crippen LogP contribution in [0.4, 0.5) is 24.5 Å². The number of amides is 1. The van der Waals surface area contributed by atoms with Gasteiger partial charge in [-0.15, -0.1) is 0 Å². The van der Waals surface area contributed by atoms with E-state index >= 15 is 0 Å². The quantitative estimate of drug-likeness (QED) is 0.731. The molecular weight excluding hydrogens is 411 g/mol. The van der Waals surface area contributed by atoms with Crippen molar-refractivity contribution < 1.29 is 27.8 Å². The standard InChI is InChI=1S/C22H24F3N3O3/c23-22(24,25)16-1-3-17(4-2-16)28-9-7-27(8-10-28)13-18(29)14-31-19-5-6-20-15(11-19)12-21(30)26-20/h1-6,11,18,29H,7-10,12-14H2,(H,26,30). The Hall–Kier alpha value is -2.78. The Morgan fingerprint density at radius 2 is 1.77 bits per heavy atom. The number of fused-ring (bicyclic) bond motifs is 1. The van der Waals surface area contributed by atoms with Crippen LogP contribution in [0, 0.1) is 0 Å². The van der Waals surface area contributed by atoms with Crippen LogP contribution in [0.15, 0.2) is 42.5 Å². The van der Waals surface area contributed by atoms with Crippen molar-refractivity contribution in [1.82, 2.24) is 4.90 Å². The second-order valence-electron chi connectivity index (χ2n) is 7.84. The van der Waals surface area contributed by atoms with Crippen LogP contribution in [-0.4, -0.2) is 61.3 Å². The van der Waals surface area contributed by atoms with Gasteiger partial charge in [0.2, 0.25) is 5.91 Å². The van der Waals surface area contributed by atoms with Crippen LogP contribution in [0.5, 0.6) is 5.75 Å². The summed E-state index contributed by atoms with van der Waals surface area (Å²) in [6.45, 7) is 3.33. The van der Waals surface area contributed by atoms with Crippen molar-refractivity contribution in [1.29, 1.82) is 0 Å². The number of alkyl halides is 3. The third-order valence-corrected chi connectivity index (χ3v) is 5.55. The average molecular weight is 435 g/mol. The van der Waals surface area contributed by atoms with Crippen molar-refractivity contribution in [3.05, 3.63) is 53.6 Å². The van der Waals surface area contributed by atoms with Gasteiger partial charge >= 0.3 is 6.18 Å². The van der Waals surface area contributed by atoms with E-state index in [4.69, 9.17) is 4.74 Å². The number of β-amino-alcohol motifs (C(OH)–C–C–N with tert-alkyl or cyclic N) is 1. The second-order valence-corrected chi connectivity index (χ2v) is 7.84. The van der Waals surface area contributed by atoms with Gasteiger partial charge in [0, 0.05) is 44.1 Å². The molecule has 1 atom stereocenters. The van der Waals surface area contributed by atoms with Gasteiger partial charge in [-0.05, 0) is 48.0 Å². The summed E-state index contributed by atoms with van der Waals surface area (Å²) < 4.78 is 43.8. The van der Waals surface area contributed by atoms with Crippen LogP contribution < -0.4 is 15.0 Å². The van der Waals surface area contributed by atoms with E-state index in [1.54, 1.807) is 12.1 Å². The first-order valence-corrected chi connectivity index (χ1v) is 10.2. The van der Waals surface area contributed by atoms with Gasteiger partial charge in [0.25, 0.3) is 0 Å². The Morgan fingerprint density at radius 1 is 1.06 bits per heavy atom. The number of benzene rings is 2. The lowest BCUT2D eigenvalue weighted by atomic mass is 10.1. The highest BCUT2D eigenvalue weighted by atomic mass is 19.4. The molecule has 2 aromatic carbocycles. The lowest BCUT2D eigenvalue weighted by molar-refractivity contribution is -0.137. The van der Waals surface area contributed by atoms with Crippen LogP contribution in [0.1, 0.15) is 11.1 Å². The highest BCUT2D eigenvalue weighted by Crippen LogP contribution is 2.31. The van der Waals surface area contributed by atoms with E-state index in [0.717, 1.165) is 29.1 Å². The van der Waals surface area contributed by atoms with Crippen LogP contribution in [0.25, 0.3) is 0 Å². The smallest absolute Gasteiger partial charge is 0.416 e. The lowest BCUT2D eigenvalue weighted by Gasteiger charge is -2.37. The molecule has 31 heavy (non-hydrogen) atoms. The lowest BCUT2D eigenvalue weighted by Crippen LogP contribution is -2.49. The summed E-state index contributed by atoms with van der Waals surface area (Å²) in [7, 11) is 0. The minimum atomic E-state index is -4.33. The zero-order valence-electron chi connectivity index (χ0n) is 16.9. The van der Waals surface area contributed by atoms with Crippen LogP contribution >= 0.6 is 0 Å². The Balaban J connectivity index is 1.22. The molecule has 1 unspecified atom stereocenters. The van der Waals surface area contributed by atoms with Crippen molar-refractivity contribution in [2.75, 3.05) is 49.5 Å². The third kappa shape index (κ3) is 5.29. The SMILES string of the molecule is O=C1Cc2cc(OCC(O)CN3CCN(c4ccc(C(F)(F)F)cc4)CC3)ccc2N1. The summed E-state index contributed by atoms with van der Waals surface area (Å²) in [6, 6.07) is 10.6. The Morgan fingerprint density at radius 3 is 2.45 bits per heavy atom. The third-order valence-electron chi connectivity index (χ3n) is 5.55.